The van der Waals surface area contributed by atoms with E-state index < -0.39 is 0 Å². The smallest absolute Gasteiger partial charge is 0.234 e. The first kappa shape index (κ1) is 13.6. The first-order valence-corrected chi connectivity index (χ1v) is 7.69. The Morgan fingerprint density at radius 1 is 1.40 bits per heavy atom. The molecule has 3 nitrogen and oxygen atoms in total. The summed E-state index contributed by atoms with van der Waals surface area (Å²) < 4.78 is 0. The summed E-state index contributed by atoms with van der Waals surface area (Å²) in [6, 6.07) is 8.22. The second-order valence-corrected chi connectivity index (χ2v) is 6.43. The highest BCUT2D eigenvalue weighted by atomic mass is 16.2. The average Bonchev–Trinajstić information content (AvgIpc) is 2.90. The molecular formula is C17H24N2O. The minimum absolute atomic E-state index is 0.156. The highest BCUT2D eigenvalue weighted by molar-refractivity contribution is 5.98. The fourth-order valence-electron chi connectivity index (χ4n) is 3.96. The zero-order valence-corrected chi connectivity index (χ0v) is 12.5. The Morgan fingerprint density at radius 3 is 3.05 bits per heavy atom. The van der Waals surface area contributed by atoms with E-state index in [4.69, 9.17) is 0 Å². The Bertz CT molecular complexity index is 513. The average molecular weight is 272 g/mol. The summed E-state index contributed by atoms with van der Waals surface area (Å²) in [4.78, 5) is 15.0. The number of nitrogens with one attached hydrogen (secondary N) is 1. The molecule has 0 unspecified atom stereocenters. The summed E-state index contributed by atoms with van der Waals surface area (Å²) in [6.07, 6.45) is 4.70. The molecule has 1 N–H and O–H groups in total. The van der Waals surface area contributed by atoms with Crippen LogP contribution in [0.1, 0.15) is 31.2 Å². The van der Waals surface area contributed by atoms with E-state index in [0.717, 1.165) is 25.2 Å². The van der Waals surface area contributed by atoms with E-state index >= 15 is 0 Å². The molecule has 108 valence electrons. The monoisotopic (exact) mass is 272 g/mol. The van der Waals surface area contributed by atoms with Crippen LogP contribution in [-0.2, 0) is 4.79 Å². The molecule has 0 bridgehead atoms. The highest BCUT2D eigenvalue weighted by Gasteiger charge is 2.51. The van der Waals surface area contributed by atoms with Crippen molar-refractivity contribution >= 4 is 11.6 Å². The van der Waals surface area contributed by atoms with Gasteiger partial charge in [0.2, 0.25) is 5.91 Å². The van der Waals surface area contributed by atoms with Crippen LogP contribution < -0.4 is 10.2 Å². The van der Waals surface area contributed by atoms with Crippen molar-refractivity contribution in [3.63, 3.8) is 0 Å². The number of anilines is 1. The summed E-state index contributed by atoms with van der Waals surface area (Å²) in [6.45, 7) is 3.93. The predicted octanol–water partition coefficient (Wildman–Crippen LogP) is 2.74. The fourth-order valence-corrected chi connectivity index (χ4v) is 3.96. The van der Waals surface area contributed by atoms with Gasteiger partial charge in [-0.05, 0) is 49.9 Å². The van der Waals surface area contributed by atoms with E-state index in [2.05, 4.69) is 24.4 Å². The molecule has 1 aliphatic carbocycles. The summed E-state index contributed by atoms with van der Waals surface area (Å²) >= 11 is 0. The molecule has 1 aromatic carbocycles. The molecule has 3 heteroatoms. The van der Waals surface area contributed by atoms with Gasteiger partial charge in [0.25, 0.3) is 0 Å². The molecule has 1 saturated heterocycles. The van der Waals surface area contributed by atoms with Crippen molar-refractivity contribution in [2.75, 3.05) is 25.0 Å². The highest BCUT2D eigenvalue weighted by Crippen LogP contribution is 2.45. The van der Waals surface area contributed by atoms with Gasteiger partial charge in [0.1, 0.15) is 0 Å². The van der Waals surface area contributed by atoms with Crippen LogP contribution in [0.25, 0.3) is 0 Å². The van der Waals surface area contributed by atoms with Crippen LogP contribution in [0, 0.1) is 18.3 Å². The minimum Gasteiger partial charge on any atom is -0.315 e. The molecule has 2 fully saturated rings. The van der Waals surface area contributed by atoms with E-state index in [-0.39, 0.29) is 5.41 Å². The molecule has 1 saturated carbocycles. The number of nitrogens with zero attached hydrogens (tertiary/aromatic N) is 1. The zero-order valence-electron chi connectivity index (χ0n) is 12.5. The van der Waals surface area contributed by atoms with Crippen LogP contribution in [0.5, 0.6) is 0 Å². The molecule has 1 aliphatic heterocycles. The van der Waals surface area contributed by atoms with Gasteiger partial charge in [-0.2, -0.15) is 0 Å². The number of hydrogen-bond donors (Lipinski definition) is 1. The molecule has 0 spiro atoms. The van der Waals surface area contributed by atoms with Crippen molar-refractivity contribution in [2.45, 2.75) is 32.6 Å². The third kappa shape index (κ3) is 2.14. The van der Waals surface area contributed by atoms with E-state index in [0.29, 0.717) is 11.8 Å². The van der Waals surface area contributed by atoms with Gasteiger partial charge in [0.15, 0.2) is 0 Å². The van der Waals surface area contributed by atoms with Gasteiger partial charge < -0.3 is 10.2 Å². The Morgan fingerprint density at radius 2 is 2.25 bits per heavy atom. The molecule has 2 aliphatic rings. The second-order valence-electron chi connectivity index (χ2n) is 6.43. The van der Waals surface area contributed by atoms with E-state index in [9.17, 15) is 4.79 Å². The Kier molecular flexibility index (Phi) is 3.55. The Hall–Kier alpha value is -1.35. The lowest BCUT2D eigenvalue weighted by Crippen LogP contribution is -2.48. The van der Waals surface area contributed by atoms with Gasteiger partial charge in [-0.25, -0.2) is 0 Å². The lowest BCUT2D eigenvalue weighted by molar-refractivity contribution is -0.130. The molecule has 1 amide bonds. The number of fused-ring (bicyclic) bond motifs is 1. The number of carbonyl (C=O) groups is 1. The van der Waals surface area contributed by atoms with Gasteiger partial charge >= 0.3 is 0 Å². The molecule has 20 heavy (non-hydrogen) atoms. The first-order valence-electron chi connectivity index (χ1n) is 7.69. The fraction of sp³-hybridized carbons (Fsp3) is 0.588. The Labute approximate surface area is 121 Å². The molecule has 0 radical (unpaired) electrons. The summed E-state index contributed by atoms with van der Waals surface area (Å²) in [7, 11) is 1.93. The van der Waals surface area contributed by atoms with Crippen LogP contribution in [0.3, 0.4) is 0 Å². The third-order valence-electron chi connectivity index (χ3n) is 5.16. The van der Waals surface area contributed by atoms with Gasteiger partial charge in [0.05, 0.1) is 5.41 Å². The molecule has 1 aromatic rings. The number of carbonyl (C=O) groups excluding carboxylic acids is 1. The van der Waals surface area contributed by atoms with E-state index in [1.165, 1.54) is 24.8 Å². The van der Waals surface area contributed by atoms with Crippen molar-refractivity contribution in [2.24, 2.45) is 11.3 Å². The van der Waals surface area contributed by atoms with Gasteiger partial charge in [-0.15, -0.1) is 0 Å². The molecular weight excluding hydrogens is 248 g/mol. The molecule has 2 atom stereocenters. The van der Waals surface area contributed by atoms with Crippen LogP contribution >= 0.6 is 0 Å². The predicted molar refractivity (Wildman–Crippen MR) is 81.8 cm³/mol. The minimum atomic E-state index is -0.156. The SMILES string of the molecule is Cc1cccc(N(C)C(=O)[C@@]23CCCC[C@H]2CNC3)c1. The van der Waals surface area contributed by atoms with Crippen molar-refractivity contribution in [3.05, 3.63) is 29.8 Å². The van der Waals surface area contributed by atoms with Gasteiger partial charge in [-0.3, -0.25) is 4.79 Å². The number of amides is 1. The van der Waals surface area contributed by atoms with E-state index in [1.807, 2.05) is 24.1 Å². The standard InChI is InChI=1S/C17H24N2O/c1-13-6-5-8-15(10-13)19(2)16(20)17-9-4-3-7-14(17)11-18-12-17/h5-6,8,10,14,18H,3-4,7,9,11-12H2,1-2H3/t14-,17+/m0/s1. The maximum Gasteiger partial charge on any atom is 0.234 e. The first-order chi connectivity index (χ1) is 9.63. The maximum absolute atomic E-state index is 13.1. The van der Waals surface area contributed by atoms with Crippen molar-refractivity contribution in [1.82, 2.24) is 5.32 Å². The lowest BCUT2D eigenvalue weighted by atomic mass is 9.67. The van der Waals surface area contributed by atoms with Gasteiger partial charge in [0, 0.05) is 19.3 Å². The molecule has 1 heterocycles. The van der Waals surface area contributed by atoms with Crippen molar-refractivity contribution in [1.29, 1.82) is 0 Å². The van der Waals surface area contributed by atoms with E-state index in [1.54, 1.807) is 0 Å². The number of rotatable bonds is 2. The summed E-state index contributed by atoms with van der Waals surface area (Å²) in [5.41, 5.74) is 2.06. The summed E-state index contributed by atoms with van der Waals surface area (Å²) in [5.74, 6) is 0.828. The molecule has 0 aromatic heterocycles. The third-order valence-corrected chi connectivity index (χ3v) is 5.16. The maximum atomic E-state index is 13.1. The van der Waals surface area contributed by atoms with Crippen LogP contribution in [0.15, 0.2) is 24.3 Å². The second kappa shape index (κ2) is 5.21. The number of hydrogen-bond acceptors (Lipinski definition) is 2. The van der Waals surface area contributed by atoms with Crippen molar-refractivity contribution < 1.29 is 4.79 Å². The van der Waals surface area contributed by atoms with Gasteiger partial charge in [-0.1, -0.05) is 25.0 Å². The molecule has 3 rings (SSSR count). The van der Waals surface area contributed by atoms with Crippen LogP contribution in [-0.4, -0.2) is 26.0 Å². The van der Waals surface area contributed by atoms with Crippen molar-refractivity contribution in [3.8, 4) is 0 Å². The number of aryl methyl sites for hydroxylation is 1. The quantitative estimate of drug-likeness (QED) is 0.898. The zero-order chi connectivity index (χ0) is 14.2. The Balaban J connectivity index is 1.87. The largest absolute Gasteiger partial charge is 0.315 e. The topological polar surface area (TPSA) is 32.3 Å². The normalized spacial score (nSPS) is 29.0. The lowest BCUT2D eigenvalue weighted by Gasteiger charge is -2.39. The van der Waals surface area contributed by atoms with Crippen LogP contribution in [0.4, 0.5) is 5.69 Å². The number of benzene rings is 1. The summed E-state index contributed by atoms with van der Waals surface area (Å²) in [5, 5.41) is 3.46. The van der Waals surface area contributed by atoms with Crippen LogP contribution in [0.2, 0.25) is 0 Å².